The van der Waals surface area contributed by atoms with Gasteiger partial charge in [-0.1, -0.05) is 13.8 Å². The summed E-state index contributed by atoms with van der Waals surface area (Å²) < 4.78 is 5.24. The number of benzene rings is 1. The molecule has 4 rings (SSSR count). The molecule has 1 aliphatic rings. The third-order valence-corrected chi connectivity index (χ3v) is 5.74. The fourth-order valence-corrected chi connectivity index (χ4v) is 3.90. The normalized spacial score (nSPS) is 12.8. The van der Waals surface area contributed by atoms with Crippen LogP contribution < -0.4 is 15.4 Å². The van der Waals surface area contributed by atoms with Crippen LogP contribution in [0.4, 0.5) is 5.95 Å². The molecule has 2 N–H and O–H groups in total. The van der Waals surface area contributed by atoms with Crippen molar-refractivity contribution in [2.75, 3.05) is 25.5 Å². The van der Waals surface area contributed by atoms with E-state index in [9.17, 15) is 0 Å². The topological polar surface area (TPSA) is 72.0 Å². The summed E-state index contributed by atoms with van der Waals surface area (Å²) in [6.07, 6.45) is 6.70. The van der Waals surface area contributed by atoms with Gasteiger partial charge in [0, 0.05) is 17.8 Å². The summed E-state index contributed by atoms with van der Waals surface area (Å²) in [5, 5.41) is 7.66. The van der Waals surface area contributed by atoms with E-state index in [-0.39, 0.29) is 0 Å². The molecule has 0 aliphatic heterocycles. The maximum atomic E-state index is 5.24. The zero-order chi connectivity index (χ0) is 22.1. The lowest BCUT2D eigenvalue weighted by atomic mass is 10.1. The van der Waals surface area contributed by atoms with Crippen LogP contribution in [-0.2, 0) is 0 Å². The first kappa shape index (κ1) is 23.2. The van der Waals surface area contributed by atoms with Crippen LogP contribution in [0.25, 0.3) is 21.8 Å². The van der Waals surface area contributed by atoms with Crippen molar-refractivity contribution in [1.29, 1.82) is 0 Å². The molecule has 7 heteroatoms. The number of thiazole rings is 1. The van der Waals surface area contributed by atoms with Gasteiger partial charge in [-0.2, -0.15) is 0 Å². The van der Waals surface area contributed by atoms with E-state index >= 15 is 0 Å². The molecule has 0 bridgehead atoms. The molecule has 1 aliphatic carbocycles. The molecule has 3 aromatic rings. The lowest BCUT2D eigenvalue weighted by Crippen LogP contribution is -2.14. The number of methoxy groups -OCH3 is 1. The molecule has 0 spiro atoms. The van der Waals surface area contributed by atoms with Gasteiger partial charge in [-0.15, -0.1) is 11.3 Å². The van der Waals surface area contributed by atoms with Crippen molar-refractivity contribution < 1.29 is 4.74 Å². The predicted molar refractivity (Wildman–Crippen MR) is 130 cm³/mol. The number of aryl methyl sites for hydroxylation is 1. The monoisotopic (exact) mass is 439 g/mol. The quantitative estimate of drug-likeness (QED) is 0.426. The zero-order valence-corrected chi connectivity index (χ0v) is 19.8. The van der Waals surface area contributed by atoms with E-state index in [1.54, 1.807) is 24.6 Å². The first-order valence-electron chi connectivity index (χ1n) is 11.1. The maximum Gasteiger partial charge on any atom is 0.223 e. The number of anilines is 1. The van der Waals surface area contributed by atoms with Gasteiger partial charge in [-0.05, 0) is 76.0 Å². The van der Waals surface area contributed by atoms with Crippen LogP contribution in [0.3, 0.4) is 0 Å². The molecule has 1 saturated carbocycles. The summed E-state index contributed by atoms with van der Waals surface area (Å²) >= 11 is 1.66. The molecule has 0 atom stereocenters. The lowest BCUT2D eigenvalue weighted by Gasteiger charge is -2.06. The Labute approximate surface area is 189 Å². The van der Waals surface area contributed by atoms with E-state index in [0.717, 1.165) is 32.6 Å². The van der Waals surface area contributed by atoms with Gasteiger partial charge in [-0.3, -0.25) is 0 Å². The minimum absolute atomic E-state index is 0.532. The highest BCUT2D eigenvalue weighted by Crippen LogP contribution is 2.36. The molecule has 0 radical (unpaired) electrons. The average molecular weight is 440 g/mol. The second-order valence-electron chi connectivity index (χ2n) is 7.57. The van der Waals surface area contributed by atoms with Crippen LogP contribution in [0.5, 0.6) is 5.75 Å². The van der Waals surface area contributed by atoms with Gasteiger partial charge in [-0.25, -0.2) is 15.0 Å². The molecule has 0 unspecified atom stereocenters. The fraction of sp³-hybridized carbons (Fsp3) is 0.458. The highest BCUT2D eigenvalue weighted by atomic mass is 32.1. The fourth-order valence-electron chi connectivity index (χ4n) is 2.99. The smallest absolute Gasteiger partial charge is 0.223 e. The Morgan fingerprint density at radius 1 is 1.03 bits per heavy atom. The van der Waals surface area contributed by atoms with Crippen molar-refractivity contribution in [3.05, 3.63) is 41.5 Å². The van der Waals surface area contributed by atoms with Gasteiger partial charge in [0.1, 0.15) is 5.75 Å². The van der Waals surface area contributed by atoms with Crippen LogP contribution in [0.15, 0.2) is 36.5 Å². The first-order valence-corrected chi connectivity index (χ1v) is 11.9. The van der Waals surface area contributed by atoms with E-state index in [4.69, 9.17) is 9.72 Å². The minimum Gasteiger partial charge on any atom is -0.497 e. The van der Waals surface area contributed by atoms with Crippen molar-refractivity contribution in [3.63, 3.8) is 0 Å². The van der Waals surface area contributed by atoms with Crippen LogP contribution in [0, 0.1) is 6.92 Å². The molecule has 0 saturated heterocycles. The Morgan fingerprint density at radius 3 is 2.35 bits per heavy atom. The van der Waals surface area contributed by atoms with Crippen LogP contribution in [0.1, 0.15) is 44.5 Å². The molecule has 31 heavy (non-hydrogen) atoms. The molecule has 1 fully saturated rings. The van der Waals surface area contributed by atoms with E-state index in [1.165, 1.54) is 38.8 Å². The summed E-state index contributed by atoms with van der Waals surface area (Å²) in [4.78, 5) is 14.8. The summed E-state index contributed by atoms with van der Waals surface area (Å²) in [5.74, 6) is 1.53. The van der Waals surface area contributed by atoms with E-state index < -0.39 is 0 Å². The first-order chi connectivity index (χ1) is 15.1. The van der Waals surface area contributed by atoms with E-state index in [1.807, 2.05) is 37.3 Å². The Morgan fingerprint density at radius 2 is 1.74 bits per heavy atom. The van der Waals surface area contributed by atoms with Crippen molar-refractivity contribution >= 4 is 17.3 Å². The summed E-state index contributed by atoms with van der Waals surface area (Å²) in [6, 6.07) is 10.4. The Kier molecular flexibility index (Phi) is 8.79. The third-order valence-electron chi connectivity index (χ3n) is 4.75. The van der Waals surface area contributed by atoms with E-state index in [2.05, 4.69) is 34.4 Å². The molecule has 2 heterocycles. The number of hydrogen-bond acceptors (Lipinski definition) is 7. The number of ether oxygens (including phenoxy) is 1. The van der Waals surface area contributed by atoms with Crippen molar-refractivity contribution in [2.45, 2.75) is 52.5 Å². The Bertz CT molecular complexity index is 933. The molecular weight excluding hydrogens is 406 g/mol. The van der Waals surface area contributed by atoms with Crippen molar-refractivity contribution in [1.82, 2.24) is 20.3 Å². The molecular formula is C24H33N5OS. The van der Waals surface area contributed by atoms with Gasteiger partial charge >= 0.3 is 0 Å². The van der Waals surface area contributed by atoms with Gasteiger partial charge in [0.2, 0.25) is 5.95 Å². The van der Waals surface area contributed by atoms with Gasteiger partial charge < -0.3 is 15.4 Å². The predicted octanol–water partition coefficient (Wildman–Crippen LogP) is 5.55. The highest BCUT2D eigenvalue weighted by Gasteiger charge is 2.22. The second kappa shape index (κ2) is 11.8. The summed E-state index contributed by atoms with van der Waals surface area (Å²) in [6.45, 7) is 8.73. The molecule has 2 aromatic heterocycles. The second-order valence-corrected chi connectivity index (χ2v) is 8.78. The molecule has 1 aromatic carbocycles. The zero-order valence-electron chi connectivity index (χ0n) is 18.9. The van der Waals surface area contributed by atoms with Crippen LogP contribution in [-0.4, -0.2) is 41.2 Å². The molecule has 6 nitrogen and oxygen atoms in total. The van der Waals surface area contributed by atoms with E-state index in [0.29, 0.717) is 12.0 Å². The van der Waals surface area contributed by atoms with Gasteiger partial charge in [0.25, 0.3) is 0 Å². The number of nitrogens with one attached hydrogen (secondary N) is 2. The number of hydrogen-bond donors (Lipinski definition) is 2. The number of rotatable bonds is 9. The highest BCUT2D eigenvalue weighted by molar-refractivity contribution is 7.15. The average Bonchev–Trinajstić information content (AvgIpc) is 3.52. The third kappa shape index (κ3) is 7.01. The van der Waals surface area contributed by atoms with Gasteiger partial charge in [0.15, 0.2) is 0 Å². The minimum atomic E-state index is 0.532. The van der Waals surface area contributed by atoms with Crippen LogP contribution >= 0.6 is 11.3 Å². The standard InChI is InChI=1S/C18H18N4OS.C6H15N/c1-11-20-16(12-3-7-14(23-2)8-4-12)17(24-11)15-9-10-19-18(22-15)21-13-5-6-13;1-3-5-7-6-4-2/h3-4,7-10,13H,5-6H2,1-2H3,(H,19,21,22);7H,3-6H2,1-2H3. The lowest BCUT2D eigenvalue weighted by molar-refractivity contribution is 0.415. The molecule has 166 valence electrons. The summed E-state index contributed by atoms with van der Waals surface area (Å²) in [5.41, 5.74) is 2.92. The molecule has 0 amide bonds. The largest absolute Gasteiger partial charge is 0.497 e. The Balaban J connectivity index is 0.000000339. The maximum absolute atomic E-state index is 5.24. The van der Waals surface area contributed by atoms with Gasteiger partial charge in [0.05, 0.1) is 28.4 Å². The Hall–Kier alpha value is -2.51. The van der Waals surface area contributed by atoms with Crippen LogP contribution in [0.2, 0.25) is 0 Å². The number of aromatic nitrogens is 3. The van der Waals surface area contributed by atoms with Crippen molar-refractivity contribution in [2.24, 2.45) is 0 Å². The van der Waals surface area contributed by atoms with Crippen molar-refractivity contribution in [3.8, 4) is 27.6 Å². The summed E-state index contributed by atoms with van der Waals surface area (Å²) in [7, 11) is 1.67. The SMILES string of the molecule is CCCNCCC.COc1ccc(-c2nc(C)sc2-c2ccnc(NC3CC3)n2)cc1. The number of nitrogens with zero attached hydrogens (tertiary/aromatic N) is 3.